The number of esters is 1. The van der Waals surface area contributed by atoms with E-state index in [4.69, 9.17) is 4.74 Å². The van der Waals surface area contributed by atoms with Gasteiger partial charge in [0.2, 0.25) is 5.91 Å². The molecule has 1 heterocycles. The Morgan fingerprint density at radius 1 is 1.11 bits per heavy atom. The van der Waals surface area contributed by atoms with Gasteiger partial charge in [0.1, 0.15) is 6.04 Å². The fraction of sp³-hybridized carbons (Fsp3) is 0.238. The Balaban J connectivity index is 1.54. The molecule has 2 amide bonds. The van der Waals surface area contributed by atoms with Crippen LogP contribution in [-0.2, 0) is 20.7 Å². The first-order valence-electron chi connectivity index (χ1n) is 8.82. The lowest BCUT2D eigenvalue weighted by Gasteiger charge is -2.13. The second kappa shape index (κ2) is 8.04. The number of ether oxygens (including phenoxy) is 1. The van der Waals surface area contributed by atoms with E-state index < -0.39 is 24.5 Å². The molecular formula is C21H20N2O5. The minimum Gasteiger partial charge on any atom is -0.456 e. The van der Waals surface area contributed by atoms with E-state index in [-0.39, 0.29) is 18.1 Å². The summed E-state index contributed by atoms with van der Waals surface area (Å²) >= 11 is 0. The smallest absolute Gasteiger partial charge is 0.328 e. The maximum absolute atomic E-state index is 12.3. The summed E-state index contributed by atoms with van der Waals surface area (Å²) in [6.45, 7) is 1.05. The van der Waals surface area contributed by atoms with E-state index in [0.29, 0.717) is 11.1 Å². The van der Waals surface area contributed by atoms with Crippen LogP contribution in [0.3, 0.4) is 0 Å². The van der Waals surface area contributed by atoms with E-state index >= 15 is 0 Å². The SMILES string of the molecule is C[C@H](NC(=O)c1ccccc1)C(=O)OCC(=O)c1ccc2c(c1)CC(=O)N2C. The summed E-state index contributed by atoms with van der Waals surface area (Å²) in [7, 11) is 1.68. The first kappa shape index (κ1) is 19.3. The standard InChI is InChI=1S/C21H20N2O5/c1-13(22-20(26)14-6-4-3-5-7-14)21(27)28-12-18(24)15-8-9-17-16(10-15)11-19(25)23(17)2/h3-10,13H,11-12H2,1-2H3,(H,22,26)/t13-/m0/s1. The molecule has 0 aromatic heterocycles. The number of likely N-dealkylation sites (N-methyl/N-ethyl adjacent to an activating group) is 1. The number of carbonyl (C=O) groups excluding carboxylic acids is 4. The third-order valence-electron chi connectivity index (χ3n) is 4.56. The van der Waals surface area contributed by atoms with Crippen molar-refractivity contribution in [2.24, 2.45) is 0 Å². The van der Waals surface area contributed by atoms with Crippen molar-refractivity contribution >= 4 is 29.3 Å². The van der Waals surface area contributed by atoms with Crippen LogP contribution in [0.2, 0.25) is 0 Å². The molecule has 1 atom stereocenters. The molecule has 2 aromatic rings. The molecule has 144 valence electrons. The Morgan fingerprint density at radius 2 is 1.82 bits per heavy atom. The fourth-order valence-electron chi connectivity index (χ4n) is 2.92. The molecule has 7 heteroatoms. The van der Waals surface area contributed by atoms with E-state index in [1.807, 2.05) is 0 Å². The molecule has 3 rings (SSSR count). The van der Waals surface area contributed by atoms with Gasteiger partial charge in [0.25, 0.3) is 5.91 Å². The average Bonchev–Trinajstić information content (AvgIpc) is 2.99. The molecule has 0 bridgehead atoms. The number of ketones is 1. The number of anilines is 1. The monoisotopic (exact) mass is 380 g/mol. The van der Waals surface area contributed by atoms with E-state index in [0.717, 1.165) is 11.3 Å². The Hall–Kier alpha value is -3.48. The lowest BCUT2D eigenvalue weighted by molar-refractivity contribution is -0.144. The van der Waals surface area contributed by atoms with Crippen LogP contribution in [0.15, 0.2) is 48.5 Å². The molecule has 1 aliphatic heterocycles. The van der Waals surface area contributed by atoms with Crippen LogP contribution >= 0.6 is 0 Å². The van der Waals surface area contributed by atoms with E-state index in [9.17, 15) is 19.2 Å². The van der Waals surface area contributed by atoms with Crippen LogP contribution in [0.1, 0.15) is 33.2 Å². The highest BCUT2D eigenvalue weighted by Gasteiger charge is 2.25. The number of carbonyl (C=O) groups is 4. The molecule has 0 radical (unpaired) electrons. The van der Waals surface area contributed by atoms with E-state index in [1.165, 1.54) is 6.92 Å². The van der Waals surface area contributed by atoms with Gasteiger partial charge in [-0.1, -0.05) is 18.2 Å². The highest BCUT2D eigenvalue weighted by atomic mass is 16.5. The third-order valence-corrected chi connectivity index (χ3v) is 4.56. The molecule has 0 saturated heterocycles. The minimum absolute atomic E-state index is 0.0333. The highest BCUT2D eigenvalue weighted by Crippen LogP contribution is 2.28. The van der Waals surface area contributed by atoms with Crippen LogP contribution in [0, 0.1) is 0 Å². The van der Waals surface area contributed by atoms with Crippen molar-refractivity contribution in [3.05, 3.63) is 65.2 Å². The Kier molecular flexibility index (Phi) is 5.54. The molecule has 1 aliphatic rings. The summed E-state index contributed by atoms with van der Waals surface area (Å²) in [5.74, 6) is -1.51. The summed E-state index contributed by atoms with van der Waals surface area (Å²) in [4.78, 5) is 49.7. The molecule has 0 unspecified atom stereocenters. The molecular weight excluding hydrogens is 360 g/mol. The average molecular weight is 380 g/mol. The highest BCUT2D eigenvalue weighted by molar-refractivity contribution is 6.04. The zero-order valence-corrected chi connectivity index (χ0v) is 15.6. The third kappa shape index (κ3) is 4.09. The molecule has 0 spiro atoms. The fourth-order valence-corrected chi connectivity index (χ4v) is 2.92. The van der Waals surface area contributed by atoms with Crippen molar-refractivity contribution in [1.29, 1.82) is 0 Å². The zero-order chi connectivity index (χ0) is 20.3. The second-order valence-electron chi connectivity index (χ2n) is 6.57. The molecule has 0 fully saturated rings. The Morgan fingerprint density at radius 3 is 2.54 bits per heavy atom. The van der Waals surface area contributed by atoms with Gasteiger partial charge in [0.15, 0.2) is 12.4 Å². The number of Topliss-reactive ketones (excluding diaryl/α,β-unsaturated/α-hetero) is 1. The summed E-state index contributed by atoms with van der Waals surface area (Å²) in [5, 5.41) is 2.54. The number of hydrogen-bond acceptors (Lipinski definition) is 5. The van der Waals surface area contributed by atoms with Crippen LogP contribution in [0.4, 0.5) is 5.69 Å². The van der Waals surface area contributed by atoms with E-state index in [2.05, 4.69) is 5.32 Å². The van der Waals surface area contributed by atoms with Gasteiger partial charge < -0.3 is 15.0 Å². The lowest BCUT2D eigenvalue weighted by atomic mass is 10.1. The molecule has 0 aliphatic carbocycles. The van der Waals surface area contributed by atoms with Crippen molar-refractivity contribution in [3.63, 3.8) is 0 Å². The number of benzene rings is 2. The number of fused-ring (bicyclic) bond motifs is 1. The minimum atomic E-state index is -0.896. The maximum Gasteiger partial charge on any atom is 0.328 e. The van der Waals surface area contributed by atoms with Crippen molar-refractivity contribution < 1.29 is 23.9 Å². The first-order chi connectivity index (χ1) is 13.4. The second-order valence-corrected chi connectivity index (χ2v) is 6.57. The largest absolute Gasteiger partial charge is 0.456 e. The van der Waals surface area contributed by atoms with Gasteiger partial charge in [-0.3, -0.25) is 14.4 Å². The topological polar surface area (TPSA) is 92.8 Å². The predicted molar refractivity (Wildman–Crippen MR) is 102 cm³/mol. The predicted octanol–water partition coefficient (Wildman–Crippen LogP) is 1.75. The zero-order valence-electron chi connectivity index (χ0n) is 15.6. The Bertz CT molecular complexity index is 939. The van der Waals surface area contributed by atoms with Gasteiger partial charge in [-0.05, 0) is 42.8 Å². The van der Waals surface area contributed by atoms with Crippen molar-refractivity contribution in [2.75, 3.05) is 18.6 Å². The number of nitrogens with one attached hydrogen (secondary N) is 1. The molecule has 28 heavy (non-hydrogen) atoms. The summed E-state index contributed by atoms with van der Waals surface area (Å²) < 4.78 is 5.04. The van der Waals surface area contributed by atoms with Crippen molar-refractivity contribution in [1.82, 2.24) is 5.32 Å². The van der Waals surface area contributed by atoms with Gasteiger partial charge >= 0.3 is 5.97 Å². The number of rotatable bonds is 6. The van der Waals surface area contributed by atoms with E-state index in [1.54, 1.807) is 60.5 Å². The molecule has 0 saturated carbocycles. The summed E-state index contributed by atoms with van der Waals surface area (Å²) in [5.41, 5.74) is 2.34. The van der Waals surface area contributed by atoms with Crippen LogP contribution in [-0.4, -0.2) is 43.3 Å². The van der Waals surface area contributed by atoms with Gasteiger partial charge in [-0.2, -0.15) is 0 Å². The van der Waals surface area contributed by atoms with Gasteiger partial charge in [0, 0.05) is 23.9 Å². The Labute approximate surface area is 162 Å². The summed E-state index contributed by atoms with van der Waals surface area (Å²) in [6.07, 6.45) is 0.245. The number of hydrogen-bond donors (Lipinski definition) is 1. The van der Waals surface area contributed by atoms with Crippen molar-refractivity contribution in [3.8, 4) is 0 Å². The van der Waals surface area contributed by atoms with Crippen LogP contribution in [0.25, 0.3) is 0 Å². The van der Waals surface area contributed by atoms with Crippen LogP contribution in [0.5, 0.6) is 0 Å². The number of nitrogens with zero attached hydrogens (tertiary/aromatic N) is 1. The molecule has 2 aromatic carbocycles. The quantitative estimate of drug-likeness (QED) is 0.609. The van der Waals surface area contributed by atoms with Crippen LogP contribution < -0.4 is 10.2 Å². The maximum atomic E-state index is 12.3. The van der Waals surface area contributed by atoms with Gasteiger partial charge in [-0.15, -0.1) is 0 Å². The van der Waals surface area contributed by atoms with Crippen molar-refractivity contribution in [2.45, 2.75) is 19.4 Å². The normalized spacial score (nSPS) is 13.6. The van der Waals surface area contributed by atoms with Gasteiger partial charge in [-0.25, -0.2) is 4.79 Å². The lowest BCUT2D eigenvalue weighted by Crippen LogP contribution is -2.40. The molecule has 7 nitrogen and oxygen atoms in total. The number of amides is 2. The molecule has 1 N–H and O–H groups in total. The summed E-state index contributed by atoms with van der Waals surface area (Å²) in [6, 6.07) is 12.5. The van der Waals surface area contributed by atoms with Gasteiger partial charge in [0.05, 0.1) is 6.42 Å². The first-order valence-corrected chi connectivity index (χ1v) is 8.82.